The molecule has 1 aromatic heterocycles. The molecule has 216 valence electrons. The van der Waals surface area contributed by atoms with Gasteiger partial charge in [-0.05, 0) is 52.4 Å². The van der Waals surface area contributed by atoms with Crippen molar-refractivity contribution in [2.45, 2.75) is 31.3 Å². The molecule has 4 atom stereocenters. The van der Waals surface area contributed by atoms with Crippen molar-refractivity contribution in [1.82, 2.24) is 5.32 Å². The zero-order valence-electron chi connectivity index (χ0n) is 21.1. The van der Waals surface area contributed by atoms with Gasteiger partial charge in [-0.1, -0.05) is 54.6 Å². The third kappa shape index (κ3) is 9.91. The van der Waals surface area contributed by atoms with Crippen LogP contribution in [0.3, 0.4) is 0 Å². The SMILES string of the molecule is C[C@H](NC(=O)[C@H](Cc1ccc(-c2ccccc2)cc1)CP(=O)(O)[C@@H](N)c1ccsc1)C(=O)O.O=C(O)C(F)(F)F. The lowest BCUT2D eigenvalue weighted by Gasteiger charge is -2.24. The molecular formula is C26H28F3N2O7PS. The maximum Gasteiger partial charge on any atom is 0.490 e. The van der Waals surface area contributed by atoms with Crippen molar-refractivity contribution in [2.75, 3.05) is 6.16 Å². The predicted molar refractivity (Wildman–Crippen MR) is 144 cm³/mol. The van der Waals surface area contributed by atoms with Crippen LogP contribution in [0, 0.1) is 5.92 Å². The standard InChI is InChI=1S/C24H27N2O5PS.C2HF3O2/c1-16(24(28)29)26-23(27)21(14-32(30,31)22(25)20-11-12-33-15-20)13-17-7-9-19(10-8-17)18-5-3-2-4-6-18;3-2(4,5)1(6)7/h2-12,15-16,21-22H,13-14,25H2,1H3,(H,26,27)(H,28,29)(H,30,31);(H,6,7)/t16-,21+,22+;/m0./s1. The van der Waals surface area contributed by atoms with Crippen LogP contribution in [0.25, 0.3) is 11.1 Å². The maximum absolute atomic E-state index is 13.1. The Morgan fingerprint density at radius 2 is 1.55 bits per heavy atom. The topological polar surface area (TPSA) is 167 Å². The number of carbonyl (C=O) groups is 3. The Hall–Kier alpha value is -3.51. The minimum atomic E-state index is -5.08. The molecule has 14 heteroatoms. The minimum absolute atomic E-state index is 0.175. The summed E-state index contributed by atoms with van der Waals surface area (Å²) in [5, 5.41) is 22.2. The number of nitrogens with one attached hydrogen (secondary N) is 1. The molecule has 6 N–H and O–H groups in total. The summed E-state index contributed by atoms with van der Waals surface area (Å²) in [4.78, 5) is 43.7. The highest BCUT2D eigenvalue weighted by Crippen LogP contribution is 2.54. The van der Waals surface area contributed by atoms with E-state index in [1.54, 1.807) is 16.8 Å². The molecule has 40 heavy (non-hydrogen) atoms. The molecule has 0 bridgehead atoms. The molecule has 2 aromatic carbocycles. The van der Waals surface area contributed by atoms with E-state index < -0.39 is 49.1 Å². The van der Waals surface area contributed by atoms with Crippen molar-refractivity contribution in [3.05, 3.63) is 82.6 Å². The average molecular weight is 601 g/mol. The van der Waals surface area contributed by atoms with Gasteiger partial charge in [0.2, 0.25) is 13.3 Å². The maximum atomic E-state index is 13.1. The first-order valence-electron chi connectivity index (χ1n) is 11.7. The second-order valence-corrected chi connectivity index (χ2v) is 12.0. The van der Waals surface area contributed by atoms with Crippen LogP contribution in [-0.4, -0.2) is 51.3 Å². The summed E-state index contributed by atoms with van der Waals surface area (Å²) in [6, 6.07) is 18.0. The summed E-state index contributed by atoms with van der Waals surface area (Å²) < 4.78 is 44.9. The smallest absolute Gasteiger partial charge is 0.480 e. The predicted octanol–water partition coefficient (Wildman–Crippen LogP) is 4.72. The molecule has 0 aliphatic heterocycles. The Morgan fingerprint density at radius 1 is 1.00 bits per heavy atom. The van der Waals surface area contributed by atoms with Gasteiger partial charge in [-0.3, -0.25) is 14.2 Å². The zero-order chi connectivity index (χ0) is 30.1. The molecule has 0 saturated heterocycles. The van der Waals surface area contributed by atoms with Crippen LogP contribution >= 0.6 is 18.7 Å². The highest BCUT2D eigenvalue weighted by atomic mass is 32.1. The van der Waals surface area contributed by atoms with Crippen molar-refractivity contribution < 1.29 is 47.2 Å². The van der Waals surface area contributed by atoms with Crippen LogP contribution in [0.2, 0.25) is 0 Å². The van der Waals surface area contributed by atoms with E-state index in [9.17, 15) is 32.2 Å². The lowest BCUT2D eigenvalue weighted by atomic mass is 9.97. The van der Waals surface area contributed by atoms with Crippen LogP contribution < -0.4 is 11.1 Å². The van der Waals surface area contributed by atoms with Gasteiger partial charge >= 0.3 is 18.1 Å². The highest BCUT2D eigenvalue weighted by molar-refractivity contribution is 7.58. The number of aliphatic carboxylic acids is 2. The van der Waals surface area contributed by atoms with Gasteiger partial charge in [0.1, 0.15) is 11.8 Å². The first-order chi connectivity index (χ1) is 18.6. The van der Waals surface area contributed by atoms with Crippen LogP contribution in [0.5, 0.6) is 0 Å². The summed E-state index contributed by atoms with van der Waals surface area (Å²) in [7, 11) is -3.97. The Morgan fingerprint density at radius 3 is 2.02 bits per heavy atom. The summed E-state index contributed by atoms with van der Waals surface area (Å²) in [5.41, 5.74) is 9.45. The van der Waals surface area contributed by atoms with E-state index in [2.05, 4.69) is 5.32 Å². The second-order valence-electron chi connectivity index (χ2n) is 8.78. The van der Waals surface area contributed by atoms with E-state index in [1.807, 2.05) is 54.6 Å². The number of amides is 1. The quantitative estimate of drug-likeness (QED) is 0.208. The number of nitrogens with two attached hydrogens (primary N) is 1. The van der Waals surface area contributed by atoms with Crippen molar-refractivity contribution >= 4 is 36.6 Å². The van der Waals surface area contributed by atoms with Crippen LogP contribution in [0.15, 0.2) is 71.4 Å². The monoisotopic (exact) mass is 600 g/mol. The van der Waals surface area contributed by atoms with Gasteiger partial charge in [0.05, 0.1) is 5.92 Å². The van der Waals surface area contributed by atoms with Gasteiger partial charge in [0, 0.05) is 6.16 Å². The highest BCUT2D eigenvalue weighted by Gasteiger charge is 2.38. The largest absolute Gasteiger partial charge is 0.490 e. The molecule has 1 heterocycles. The van der Waals surface area contributed by atoms with Crippen LogP contribution in [-0.2, 0) is 25.4 Å². The first-order valence-corrected chi connectivity index (χ1v) is 14.5. The molecule has 0 aliphatic carbocycles. The van der Waals surface area contributed by atoms with E-state index in [-0.39, 0.29) is 12.6 Å². The van der Waals surface area contributed by atoms with Crippen molar-refractivity contribution in [2.24, 2.45) is 11.7 Å². The zero-order valence-corrected chi connectivity index (χ0v) is 22.8. The molecule has 1 unspecified atom stereocenters. The van der Waals surface area contributed by atoms with E-state index in [1.165, 1.54) is 18.3 Å². The third-order valence-corrected chi connectivity index (χ3v) is 8.52. The lowest BCUT2D eigenvalue weighted by Crippen LogP contribution is -2.43. The second kappa shape index (κ2) is 14.2. The normalized spacial score (nSPS) is 14.9. The molecule has 0 radical (unpaired) electrons. The average Bonchev–Trinajstić information content (AvgIpc) is 3.43. The van der Waals surface area contributed by atoms with E-state index in [4.69, 9.17) is 20.7 Å². The number of thiophene rings is 1. The molecule has 1 amide bonds. The Bertz CT molecular complexity index is 1320. The summed E-state index contributed by atoms with van der Waals surface area (Å²) in [6.07, 6.45) is -5.27. The summed E-state index contributed by atoms with van der Waals surface area (Å²) in [5.74, 6) is -6.57. The van der Waals surface area contributed by atoms with Crippen molar-refractivity contribution in [1.29, 1.82) is 0 Å². The number of carboxylic acid groups (broad SMARTS) is 2. The Balaban J connectivity index is 0.000000708. The number of carbonyl (C=O) groups excluding carboxylic acids is 1. The molecule has 9 nitrogen and oxygen atoms in total. The molecule has 0 aliphatic rings. The number of rotatable bonds is 10. The molecule has 3 aromatic rings. The number of halogens is 3. The molecule has 0 spiro atoms. The number of carboxylic acids is 2. The molecular weight excluding hydrogens is 572 g/mol. The number of benzene rings is 2. The summed E-state index contributed by atoms with van der Waals surface area (Å²) >= 11 is 1.37. The lowest BCUT2D eigenvalue weighted by molar-refractivity contribution is -0.192. The first kappa shape index (κ1) is 32.7. The number of hydrogen-bond donors (Lipinski definition) is 5. The molecule has 0 saturated carbocycles. The van der Waals surface area contributed by atoms with Gasteiger partial charge < -0.3 is 26.2 Å². The van der Waals surface area contributed by atoms with Gasteiger partial charge in [0.15, 0.2) is 0 Å². The Labute approximate surface area is 231 Å². The van der Waals surface area contributed by atoms with Crippen molar-refractivity contribution in [3.63, 3.8) is 0 Å². The molecule has 0 fully saturated rings. The number of alkyl halides is 3. The fraction of sp³-hybridized carbons (Fsp3) is 0.269. The van der Waals surface area contributed by atoms with Gasteiger partial charge in [0.25, 0.3) is 0 Å². The minimum Gasteiger partial charge on any atom is -0.480 e. The molecule has 3 rings (SSSR count). The fourth-order valence-electron chi connectivity index (χ4n) is 3.49. The summed E-state index contributed by atoms with van der Waals surface area (Å²) in [6.45, 7) is 1.35. The van der Waals surface area contributed by atoms with Gasteiger partial charge in [-0.2, -0.15) is 24.5 Å². The fourth-order valence-corrected chi connectivity index (χ4v) is 6.06. The van der Waals surface area contributed by atoms with E-state index in [0.717, 1.165) is 16.7 Å². The van der Waals surface area contributed by atoms with Crippen molar-refractivity contribution in [3.8, 4) is 11.1 Å². The van der Waals surface area contributed by atoms with Crippen LogP contribution in [0.4, 0.5) is 13.2 Å². The van der Waals surface area contributed by atoms with E-state index >= 15 is 0 Å². The van der Waals surface area contributed by atoms with E-state index in [0.29, 0.717) is 5.56 Å². The number of hydrogen-bond acceptors (Lipinski definition) is 6. The Kier molecular flexibility index (Phi) is 11.6. The third-order valence-electron chi connectivity index (χ3n) is 5.69. The van der Waals surface area contributed by atoms with Gasteiger partial charge in [-0.15, -0.1) is 0 Å². The van der Waals surface area contributed by atoms with Crippen LogP contribution in [0.1, 0.15) is 23.8 Å². The van der Waals surface area contributed by atoms with Gasteiger partial charge in [-0.25, -0.2) is 4.79 Å².